The Morgan fingerprint density at radius 1 is 1.52 bits per heavy atom. The molecule has 1 saturated carbocycles. The summed E-state index contributed by atoms with van der Waals surface area (Å²) in [6.07, 6.45) is 2.46. The third-order valence-corrected chi connectivity index (χ3v) is 3.33. The number of nitrogens with one attached hydrogen (secondary N) is 2. The highest BCUT2D eigenvalue weighted by Crippen LogP contribution is 2.31. The zero-order chi connectivity index (χ0) is 15.4. The number of aliphatic hydroxyl groups excluding tert-OH is 1. The summed E-state index contributed by atoms with van der Waals surface area (Å²) in [6.45, 7) is 1.75. The van der Waals surface area contributed by atoms with Crippen molar-refractivity contribution in [2.75, 3.05) is 11.9 Å². The second-order valence-electron chi connectivity index (χ2n) is 5.29. The molecule has 1 aromatic carbocycles. The van der Waals surface area contributed by atoms with Crippen LogP contribution >= 0.6 is 0 Å². The Balaban J connectivity index is 2.14. The topological polar surface area (TPSA) is 104 Å². The lowest BCUT2D eigenvalue weighted by Crippen LogP contribution is -2.33. The highest BCUT2D eigenvalue weighted by Gasteiger charge is 2.25. The van der Waals surface area contributed by atoms with Crippen molar-refractivity contribution in [3.05, 3.63) is 33.9 Å². The van der Waals surface area contributed by atoms with Gasteiger partial charge in [0.2, 0.25) is 0 Å². The minimum Gasteiger partial charge on any atom is -0.396 e. The Hall–Kier alpha value is -2.15. The van der Waals surface area contributed by atoms with E-state index in [1.807, 2.05) is 0 Å². The average Bonchev–Trinajstić information content (AvgIpc) is 3.23. The van der Waals surface area contributed by atoms with Crippen molar-refractivity contribution in [2.24, 2.45) is 0 Å². The predicted molar refractivity (Wildman–Crippen MR) is 78.4 cm³/mol. The highest BCUT2D eigenvalue weighted by molar-refractivity contribution is 5.95. The van der Waals surface area contributed by atoms with Gasteiger partial charge in [0.05, 0.1) is 4.92 Å². The molecule has 2 rings (SSSR count). The lowest BCUT2D eigenvalue weighted by molar-refractivity contribution is -0.384. The fourth-order valence-corrected chi connectivity index (χ4v) is 1.97. The first-order valence-corrected chi connectivity index (χ1v) is 6.98. The van der Waals surface area contributed by atoms with Crippen molar-refractivity contribution in [3.8, 4) is 0 Å². The first-order valence-electron chi connectivity index (χ1n) is 6.98. The fourth-order valence-electron chi connectivity index (χ4n) is 1.97. The van der Waals surface area contributed by atoms with E-state index in [9.17, 15) is 14.9 Å². The van der Waals surface area contributed by atoms with Gasteiger partial charge in [0.15, 0.2) is 0 Å². The quantitative estimate of drug-likeness (QED) is 0.524. The van der Waals surface area contributed by atoms with Gasteiger partial charge in [-0.2, -0.15) is 0 Å². The number of hydrogen-bond donors (Lipinski definition) is 3. The van der Waals surface area contributed by atoms with Crippen LogP contribution < -0.4 is 10.6 Å². The predicted octanol–water partition coefficient (Wildman–Crippen LogP) is 1.67. The smallest absolute Gasteiger partial charge is 0.293 e. The number of nitro benzene ring substituents is 1. The molecule has 0 radical (unpaired) electrons. The van der Waals surface area contributed by atoms with Crippen LogP contribution in [-0.4, -0.2) is 34.6 Å². The monoisotopic (exact) mass is 293 g/mol. The van der Waals surface area contributed by atoms with Crippen molar-refractivity contribution < 1.29 is 14.8 Å². The van der Waals surface area contributed by atoms with E-state index in [0.29, 0.717) is 18.2 Å². The summed E-state index contributed by atoms with van der Waals surface area (Å²) in [5.74, 6) is -0.378. The SMILES string of the molecule is CC(CCO)NC(=O)c1ccc(NC2CC2)c([N+](=O)[O-])c1. The zero-order valence-electron chi connectivity index (χ0n) is 11.8. The van der Waals surface area contributed by atoms with Crippen LogP contribution in [0.15, 0.2) is 18.2 Å². The van der Waals surface area contributed by atoms with Gasteiger partial charge in [-0.15, -0.1) is 0 Å². The molecule has 1 amide bonds. The summed E-state index contributed by atoms with van der Waals surface area (Å²) in [4.78, 5) is 22.7. The van der Waals surface area contributed by atoms with E-state index in [4.69, 9.17) is 5.11 Å². The van der Waals surface area contributed by atoms with Crippen LogP contribution in [0.5, 0.6) is 0 Å². The fraction of sp³-hybridized carbons (Fsp3) is 0.500. The summed E-state index contributed by atoms with van der Waals surface area (Å²) < 4.78 is 0. The number of benzene rings is 1. The van der Waals surface area contributed by atoms with Crippen molar-refractivity contribution in [1.29, 1.82) is 0 Å². The van der Waals surface area contributed by atoms with E-state index >= 15 is 0 Å². The van der Waals surface area contributed by atoms with Gasteiger partial charge in [-0.25, -0.2) is 0 Å². The van der Waals surface area contributed by atoms with Crippen LogP contribution in [0.4, 0.5) is 11.4 Å². The van der Waals surface area contributed by atoms with Crippen molar-refractivity contribution in [2.45, 2.75) is 38.3 Å². The van der Waals surface area contributed by atoms with Crippen molar-refractivity contribution in [1.82, 2.24) is 5.32 Å². The standard InChI is InChI=1S/C14H19N3O4/c1-9(6-7-18)15-14(19)10-2-5-12(16-11-3-4-11)13(8-10)17(20)21/h2,5,8-9,11,16,18H,3-4,6-7H2,1H3,(H,15,19). The number of rotatable bonds is 7. The number of carbonyl (C=O) groups is 1. The van der Waals surface area contributed by atoms with Gasteiger partial charge in [-0.05, 0) is 38.3 Å². The molecule has 0 saturated heterocycles. The lowest BCUT2D eigenvalue weighted by Gasteiger charge is -2.13. The van der Waals surface area contributed by atoms with Gasteiger partial charge in [-0.1, -0.05) is 0 Å². The van der Waals surface area contributed by atoms with Gasteiger partial charge in [0.25, 0.3) is 11.6 Å². The number of nitro groups is 1. The van der Waals surface area contributed by atoms with Crippen molar-refractivity contribution in [3.63, 3.8) is 0 Å². The Bertz CT molecular complexity index is 543. The van der Waals surface area contributed by atoms with Crippen LogP contribution in [0.25, 0.3) is 0 Å². The minimum atomic E-state index is -0.487. The maximum atomic E-state index is 12.0. The van der Waals surface area contributed by atoms with Gasteiger partial charge >= 0.3 is 0 Å². The molecule has 0 aromatic heterocycles. The van der Waals surface area contributed by atoms with E-state index < -0.39 is 4.92 Å². The normalized spacial score (nSPS) is 15.3. The molecule has 0 heterocycles. The number of amides is 1. The molecule has 0 aliphatic heterocycles. The summed E-state index contributed by atoms with van der Waals surface area (Å²) in [7, 11) is 0. The van der Waals surface area contributed by atoms with E-state index in [-0.39, 0.29) is 29.8 Å². The van der Waals surface area contributed by atoms with E-state index in [2.05, 4.69) is 10.6 Å². The first kappa shape index (κ1) is 15.2. The van der Waals surface area contributed by atoms with E-state index in [1.165, 1.54) is 6.07 Å². The van der Waals surface area contributed by atoms with Gasteiger partial charge < -0.3 is 15.7 Å². The molecule has 0 bridgehead atoms. The molecule has 0 spiro atoms. The number of carbonyl (C=O) groups excluding carboxylic acids is 1. The van der Waals surface area contributed by atoms with Crippen molar-refractivity contribution >= 4 is 17.3 Å². The summed E-state index contributed by atoms with van der Waals surface area (Å²) in [5.41, 5.74) is 0.597. The number of anilines is 1. The lowest BCUT2D eigenvalue weighted by atomic mass is 10.1. The van der Waals surface area contributed by atoms with Crippen LogP contribution in [-0.2, 0) is 0 Å². The molecule has 1 fully saturated rings. The molecule has 3 N–H and O–H groups in total. The zero-order valence-corrected chi connectivity index (χ0v) is 11.8. The molecule has 1 atom stereocenters. The molecule has 114 valence electrons. The molecule has 7 nitrogen and oxygen atoms in total. The summed E-state index contributed by atoms with van der Waals surface area (Å²) >= 11 is 0. The Morgan fingerprint density at radius 2 is 2.24 bits per heavy atom. The number of hydrogen-bond acceptors (Lipinski definition) is 5. The molecule has 1 aliphatic carbocycles. The third-order valence-electron chi connectivity index (χ3n) is 3.33. The second-order valence-corrected chi connectivity index (χ2v) is 5.29. The first-order chi connectivity index (χ1) is 10.0. The van der Waals surface area contributed by atoms with Crippen LogP contribution in [0.1, 0.15) is 36.5 Å². The molecule has 7 heteroatoms. The maximum absolute atomic E-state index is 12.0. The van der Waals surface area contributed by atoms with E-state index in [0.717, 1.165) is 12.8 Å². The summed E-state index contributed by atoms with van der Waals surface area (Å²) in [5, 5.41) is 25.7. The highest BCUT2D eigenvalue weighted by atomic mass is 16.6. The molecule has 1 unspecified atom stereocenters. The number of aliphatic hydroxyl groups is 1. The maximum Gasteiger partial charge on any atom is 0.293 e. The average molecular weight is 293 g/mol. The van der Waals surface area contributed by atoms with Crippen LogP contribution in [0, 0.1) is 10.1 Å². The Kier molecular flexibility index (Phi) is 4.74. The second kappa shape index (κ2) is 6.53. The molecule has 1 aliphatic rings. The Labute approximate surface area is 122 Å². The van der Waals surface area contributed by atoms with Gasteiger partial charge in [-0.3, -0.25) is 14.9 Å². The van der Waals surface area contributed by atoms with Gasteiger partial charge in [0, 0.05) is 30.3 Å². The Morgan fingerprint density at radius 3 is 2.81 bits per heavy atom. The van der Waals surface area contributed by atoms with Crippen LogP contribution in [0.2, 0.25) is 0 Å². The third kappa shape index (κ3) is 4.16. The largest absolute Gasteiger partial charge is 0.396 e. The summed E-state index contributed by atoms with van der Waals surface area (Å²) in [6, 6.07) is 4.53. The molecular weight excluding hydrogens is 274 g/mol. The number of nitrogens with zero attached hydrogens (tertiary/aromatic N) is 1. The molecule has 1 aromatic rings. The molecular formula is C14H19N3O4. The minimum absolute atomic E-state index is 0.0220. The van der Waals surface area contributed by atoms with Crippen LogP contribution in [0.3, 0.4) is 0 Å². The molecule has 21 heavy (non-hydrogen) atoms. The van der Waals surface area contributed by atoms with Gasteiger partial charge in [0.1, 0.15) is 5.69 Å². The van der Waals surface area contributed by atoms with E-state index in [1.54, 1.807) is 19.1 Å².